The van der Waals surface area contributed by atoms with E-state index in [4.69, 9.17) is 0 Å². The van der Waals surface area contributed by atoms with Crippen LogP contribution in [0.4, 0.5) is 4.39 Å². The van der Waals surface area contributed by atoms with Crippen molar-refractivity contribution in [3.8, 4) is 0 Å². The molecule has 1 saturated carbocycles. The summed E-state index contributed by atoms with van der Waals surface area (Å²) in [5, 5.41) is 9.42. The van der Waals surface area contributed by atoms with Crippen molar-refractivity contribution in [2.75, 3.05) is 0 Å². The van der Waals surface area contributed by atoms with Gasteiger partial charge in [-0.1, -0.05) is 12.1 Å². The smallest absolute Gasteiger partial charge is 0.254 e. The number of rotatable bonds is 4. The first-order valence-electron chi connectivity index (χ1n) is 6.71. The highest BCUT2D eigenvalue weighted by atomic mass is 19.1. The number of aromatic nitrogens is 2. The molecule has 1 aromatic carbocycles. The normalized spacial score (nSPS) is 15.9. The van der Waals surface area contributed by atoms with E-state index in [1.165, 1.54) is 12.3 Å². The predicted molar refractivity (Wildman–Crippen MR) is 72.7 cm³/mol. The van der Waals surface area contributed by atoms with E-state index < -0.39 is 0 Å². The number of hydrogen-bond donors (Lipinski definition) is 2. The molecule has 0 bridgehead atoms. The molecule has 0 saturated heterocycles. The third-order valence-corrected chi connectivity index (χ3v) is 3.68. The maximum absolute atomic E-state index is 13.4. The summed E-state index contributed by atoms with van der Waals surface area (Å²) < 4.78 is 13.4. The van der Waals surface area contributed by atoms with Crippen LogP contribution < -0.4 is 5.32 Å². The lowest BCUT2D eigenvalue weighted by atomic mass is 10.00. The summed E-state index contributed by atoms with van der Waals surface area (Å²) in [5.74, 6) is 0.0674. The van der Waals surface area contributed by atoms with E-state index in [-0.39, 0.29) is 17.8 Å². The number of carbonyl (C=O) groups excluding carboxylic acids is 1. The van der Waals surface area contributed by atoms with Crippen LogP contribution in [-0.4, -0.2) is 16.1 Å². The van der Waals surface area contributed by atoms with Crippen LogP contribution in [0, 0.1) is 18.7 Å². The topological polar surface area (TPSA) is 57.8 Å². The molecule has 0 spiro atoms. The lowest BCUT2D eigenvalue weighted by Gasteiger charge is -2.19. The zero-order valence-corrected chi connectivity index (χ0v) is 11.2. The maximum Gasteiger partial charge on any atom is 0.254 e. The molecule has 3 rings (SSSR count). The van der Waals surface area contributed by atoms with E-state index in [9.17, 15) is 9.18 Å². The van der Waals surface area contributed by atoms with Crippen molar-refractivity contribution in [2.24, 2.45) is 5.92 Å². The molecule has 1 atom stereocenters. The zero-order valence-electron chi connectivity index (χ0n) is 11.2. The minimum absolute atomic E-state index is 0.0586. The second-order valence-corrected chi connectivity index (χ2v) is 5.28. The second kappa shape index (κ2) is 5.07. The maximum atomic E-state index is 13.4. The molecule has 1 heterocycles. The Morgan fingerprint density at radius 3 is 2.90 bits per heavy atom. The molecule has 1 amide bonds. The average Bonchev–Trinajstić information content (AvgIpc) is 3.12. The number of benzene rings is 1. The Balaban J connectivity index is 1.82. The van der Waals surface area contributed by atoms with Crippen LogP contribution in [0.1, 0.15) is 40.4 Å². The molecular weight excluding hydrogens is 257 g/mol. The Bertz CT molecular complexity index is 620. The fraction of sp³-hybridized carbons (Fsp3) is 0.333. The number of nitrogens with one attached hydrogen (secondary N) is 2. The van der Waals surface area contributed by atoms with Crippen molar-refractivity contribution in [1.29, 1.82) is 0 Å². The van der Waals surface area contributed by atoms with Crippen LogP contribution in [0.2, 0.25) is 0 Å². The third-order valence-electron chi connectivity index (χ3n) is 3.68. The number of H-pyrrole nitrogens is 1. The molecule has 1 aliphatic rings. The van der Waals surface area contributed by atoms with Gasteiger partial charge in [0.25, 0.3) is 5.91 Å². The molecule has 1 fully saturated rings. The van der Waals surface area contributed by atoms with Crippen molar-refractivity contribution in [3.05, 3.63) is 53.1 Å². The SMILES string of the molecule is Cc1cc(C(NC(=O)c2cn[nH]c2)C2CC2)ccc1F. The molecule has 2 N–H and O–H groups in total. The molecule has 0 radical (unpaired) electrons. The highest BCUT2D eigenvalue weighted by molar-refractivity contribution is 5.93. The van der Waals surface area contributed by atoms with Crippen molar-refractivity contribution < 1.29 is 9.18 Å². The first-order chi connectivity index (χ1) is 9.65. The van der Waals surface area contributed by atoms with E-state index >= 15 is 0 Å². The quantitative estimate of drug-likeness (QED) is 0.900. The number of halogens is 1. The number of carbonyl (C=O) groups is 1. The highest BCUT2D eigenvalue weighted by Crippen LogP contribution is 2.41. The second-order valence-electron chi connectivity index (χ2n) is 5.28. The van der Waals surface area contributed by atoms with E-state index in [1.54, 1.807) is 19.2 Å². The van der Waals surface area contributed by atoms with Crippen molar-refractivity contribution in [1.82, 2.24) is 15.5 Å². The summed E-state index contributed by atoms with van der Waals surface area (Å²) in [6.45, 7) is 1.74. The predicted octanol–water partition coefficient (Wildman–Crippen LogP) is 2.74. The summed E-state index contributed by atoms with van der Waals surface area (Å²) in [4.78, 5) is 12.1. The number of nitrogens with zero attached hydrogens (tertiary/aromatic N) is 1. The number of aryl methyl sites for hydroxylation is 1. The summed E-state index contributed by atoms with van der Waals surface area (Å²) in [5.41, 5.74) is 2.07. The molecule has 0 aliphatic heterocycles. The van der Waals surface area contributed by atoms with Crippen LogP contribution in [0.25, 0.3) is 0 Å². The number of aromatic amines is 1. The van der Waals surface area contributed by atoms with E-state index in [0.717, 1.165) is 18.4 Å². The Labute approximate surface area is 116 Å². The van der Waals surface area contributed by atoms with Gasteiger partial charge in [-0.2, -0.15) is 5.10 Å². The lowest BCUT2D eigenvalue weighted by molar-refractivity contribution is 0.0931. The van der Waals surface area contributed by atoms with E-state index in [0.29, 0.717) is 17.0 Å². The first kappa shape index (κ1) is 12.8. The monoisotopic (exact) mass is 273 g/mol. The Kier molecular flexibility index (Phi) is 3.26. The Hall–Kier alpha value is -2.17. The Morgan fingerprint density at radius 2 is 2.30 bits per heavy atom. The van der Waals surface area contributed by atoms with Crippen molar-refractivity contribution in [3.63, 3.8) is 0 Å². The van der Waals surface area contributed by atoms with Gasteiger partial charge in [-0.3, -0.25) is 9.89 Å². The number of hydrogen-bond acceptors (Lipinski definition) is 2. The van der Waals surface area contributed by atoms with Crippen LogP contribution in [0.5, 0.6) is 0 Å². The molecule has 2 aromatic rings. The van der Waals surface area contributed by atoms with Crippen LogP contribution in [0.3, 0.4) is 0 Å². The highest BCUT2D eigenvalue weighted by Gasteiger charge is 2.33. The third kappa shape index (κ3) is 2.57. The first-order valence-corrected chi connectivity index (χ1v) is 6.71. The van der Waals surface area contributed by atoms with E-state index in [1.807, 2.05) is 6.07 Å². The summed E-state index contributed by atoms with van der Waals surface area (Å²) >= 11 is 0. The van der Waals surface area contributed by atoms with Gasteiger partial charge in [0, 0.05) is 6.20 Å². The standard InChI is InChI=1S/C15H16FN3O/c1-9-6-11(4-5-13(9)16)14(10-2-3-10)19-15(20)12-7-17-18-8-12/h4-8,10,14H,2-3H2,1H3,(H,17,18)(H,19,20). The zero-order chi connectivity index (χ0) is 14.1. The molecule has 1 aromatic heterocycles. The van der Waals surface area contributed by atoms with Gasteiger partial charge < -0.3 is 5.32 Å². The minimum Gasteiger partial charge on any atom is -0.345 e. The summed E-state index contributed by atoms with van der Waals surface area (Å²) in [7, 11) is 0. The van der Waals surface area contributed by atoms with Gasteiger partial charge in [-0.15, -0.1) is 0 Å². The van der Waals surface area contributed by atoms with Gasteiger partial charge in [0.05, 0.1) is 17.8 Å². The summed E-state index contributed by atoms with van der Waals surface area (Å²) in [6.07, 6.45) is 5.24. The van der Waals surface area contributed by atoms with Gasteiger partial charge in [-0.25, -0.2) is 4.39 Å². The van der Waals surface area contributed by atoms with E-state index in [2.05, 4.69) is 15.5 Å². The largest absolute Gasteiger partial charge is 0.345 e. The molecule has 4 nitrogen and oxygen atoms in total. The van der Waals surface area contributed by atoms with Gasteiger partial charge in [0.15, 0.2) is 0 Å². The molecule has 20 heavy (non-hydrogen) atoms. The number of amides is 1. The fourth-order valence-electron chi connectivity index (χ4n) is 2.36. The average molecular weight is 273 g/mol. The minimum atomic E-state index is -0.218. The lowest BCUT2D eigenvalue weighted by Crippen LogP contribution is -2.29. The van der Waals surface area contributed by atoms with Crippen LogP contribution in [0.15, 0.2) is 30.6 Å². The van der Waals surface area contributed by atoms with Crippen LogP contribution >= 0.6 is 0 Å². The van der Waals surface area contributed by atoms with Crippen LogP contribution in [-0.2, 0) is 0 Å². The molecule has 5 heteroatoms. The molecular formula is C15H16FN3O. The van der Waals surface area contributed by atoms with Gasteiger partial charge in [0.1, 0.15) is 5.82 Å². The summed E-state index contributed by atoms with van der Waals surface area (Å²) in [6, 6.07) is 4.97. The van der Waals surface area contributed by atoms with Crippen molar-refractivity contribution >= 4 is 5.91 Å². The van der Waals surface area contributed by atoms with Gasteiger partial charge >= 0.3 is 0 Å². The molecule has 1 unspecified atom stereocenters. The molecule has 104 valence electrons. The molecule has 1 aliphatic carbocycles. The van der Waals surface area contributed by atoms with Crippen molar-refractivity contribution in [2.45, 2.75) is 25.8 Å². The van der Waals surface area contributed by atoms with Gasteiger partial charge in [-0.05, 0) is 42.9 Å². The Morgan fingerprint density at radius 1 is 1.50 bits per heavy atom. The fourth-order valence-corrected chi connectivity index (χ4v) is 2.36. The van der Waals surface area contributed by atoms with Gasteiger partial charge in [0.2, 0.25) is 0 Å².